The topological polar surface area (TPSA) is 71.3 Å². The zero-order valence-electron chi connectivity index (χ0n) is 16.3. The minimum Gasteiger partial charge on any atom is -0.338 e. The van der Waals surface area contributed by atoms with Gasteiger partial charge in [-0.05, 0) is 57.1 Å². The van der Waals surface area contributed by atoms with E-state index in [-0.39, 0.29) is 17.6 Å². The van der Waals surface area contributed by atoms with Gasteiger partial charge in [-0.2, -0.15) is 4.98 Å². The minimum absolute atomic E-state index is 0.0179. The van der Waals surface area contributed by atoms with Gasteiger partial charge in [0.2, 0.25) is 17.6 Å². The average Bonchev–Trinajstić information content (AvgIpc) is 3.19. The van der Waals surface area contributed by atoms with Crippen molar-refractivity contribution >= 4 is 11.6 Å². The van der Waals surface area contributed by atoms with Crippen LogP contribution < -0.4 is 5.32 Å². The van der Waals surface area contributed by atoms with Gasteiger partial charge in [0, 0.05) is 17.2 Å². The Morgan fingerprint density at radius 2 is 1.83 bits per heavy atom. The molecule has 3 aromatic rings. The Kier molecular flexibility index (Phi) is 5.67. The third-order valence-corrected chi connectivity index (χ3v) is 5.21. The van der Waals surface area contributed by atoms with Gasteiger partial charge in [-0.15, -0.1) is 0 Å². The van der Waals surface area contributed by atoms with E-state index in [1.165, 1.54) is 17.7 Å². The highest BCUT2D eigenvalue weighted by molar-refractivity contribution is 5.92. The Labute approximate surface area is 168 Å². The van der Waals surface area contributed by atoms with Crippen molar-refractivity contribution in [2.45, 2.75) is 26.3 Å². The first kappa shape index (κ1) is 19.3. The van der Waals surface area contributed by atoms with Crippen LogP contribution in [-0.2, 0) is 11.3 Å². The predicted octanol–water partition coefficient (Wildman–Crippen LogP) is 4.03. The molecule has 0 atom stereocenters. The van der Waals surface area contributed by atoms with Gasteiger partial charge < -0.3 is 9.84 Å². The maximum atomic E-state index is 13.0. The number of nitrogens with zero attached hydrogens (tertiary/aromatic N) is 3. The maximum absolute atomic E-state index is 13.0. The minimum atomic E-state index is -0.317. The number of aromatic nitrogens is 2. The Morgan fingerprint density at radius 1 is 1.14 bits per heavy atom. The van der Waals surface area contributed by atoms with Crippen molar-refractivity contribution in [2.24, 2.45) is 5.92 Å². The second kappa shape index (κ2) is 8.53. The van der Waals surface area contributed by atoms with Crippen LogP contribution in [0, 0.1) is 18.7 Å². The van der Waals surface area contributed by atoms with Crippen LogP contribution in [0.4, 0.5) is 10.1 Å². The average molecular weight is 394 g/mol. The van der Waals surface area contributed by atoms with Crippen molar-refractivity contribution in [1.29, 1.82) is 0 Å². The van der Waals surface area contributed by atoms with E-state index in [0.717, 1.165) is 31.5 Å². The molecule has 1 aliphatic rings. The van der Waals surface area contributed by atoms with Crippen LogP contribution in [0.5, 0.6) is 0 Å². The summed E-state index contributed by atoms with van der Waals surface area (Å²) in [6.07, 6.45) is 1.51. The van der Waals surface area contributed by atoms with Crippen molar-refractivity contribution in [3.05, 3.63) is 65.8 Å². The molecule has 1 aromatic heterocycles. The lowest BCUT2D eigenvalue weighted by molar-refractivity contribution is -0.121. The molecule has 0 saturated carbocycles. The summed E-state index contributed by atoms with van der Waals surface area (Å²) in [4.78, 5) is 19.1. The zero-order chi connectivity index (χ0) is 20.2. The van der Waals surface area contributed by atoms with Crippen molar-refractivity contribution in [3.63, 3.8) is 0 Å². The lowest BCUT2D eigenvalue weighted by Gasteiger charge is -2.30. The monoisotopic (exact) mass is 394 g/mol. The number of amides is 1. The number of likely N-dealkylation sites (tertiary alicyclic amines) is 1. The van der Waals surface area contributed by atoms with Crippen molar-refractivity contribution in [3.8, 4) is 11.4 Å². The molecule has 150 valence electrons. The van der Waals surface area contributed by atoms with E-state index in [4.69, 9.17) is 4.52 Å². The van der Waals surface area contributed by atoms with E-state index in [0.29, 0.717) is 23.9 Å². The molecule has 2 aromatic carbocycles. The zero-order valence-corrected chi connectivity index (χ0v) is 16.3. The summed E-state index contributed by atoms with van der Waals surface area (Å²) in [6, 6.07) is 13.8. The number of hydrogen-bond donors (Lipinski definition) is 1. The molecule has 1 N–H and O–H groups in total. The molecular weight excluding hydrogens is 371 g/mol. The SMILES string of the molecule is Cc1ccc(-c2noc(CN3CCC(C(=O)Nc4ccc(F)cc4)CC3)n2)cc1. The Balaban J connectivity index is 1.28. The smallest absolute Gasteiger partial charge is 0.241 e. The van der Waals surface area contributed by atoms with Crippen LogP contribution >= 0.6 is 0 Å². The number of benzene rings is 2. The van der Waals surface area contributed by atoms with Gasteiger partial charge in [0.05, 0.1) is 6.54 Å². The van der Waals surface area contributed by atoms with Gasteiger partial charge in [0.25, 0.3) is 0 Å². The maximum Gasteiger partial charge on any atom is 0.241 e. The van der Waals surface area contributed by atoms with Crippen molar-refractivity contribution < 1.29 is 13.7 Å². The van der Waals surface area contributed by atoms with Crippen LogP contribution in [0.3, 0.4) is 0 Å². The van der Waals surface area contributed by atoms with Crippen LogP contribution in [-0.4, -0.2) is 34.0 Å². The fourth-order valence-corrected chi connectivity index (χ4v) is 3.46. The number of nitrogens with one attached hydrogen (secondary N) is 1. The number of rotatable bonds is 5. The number of carbonyl (C=O) groups excluding carboxylic acids is 1. The van der Waals surface area contributed by atoms with Gasteiger partial charge in [-0.25, -0.2) is 4.39 Å². The van der Waals surface area contributed by atoms with Gasteiger partial charge in [-0.3, -0.25) is 9.69 Å². The summed E-state index contributed by atoms with van der Waals surface area (Å²) in [5.41, 5.74) is 2.74. The first-order valence-electron chi connectivity index (χ1n) is 9.75. The molecule has 29 heavy (non-hydrogen) atoms. The van der Waals surface area contributed by atoms with Gasteiger partial charge in [0.1, 0.15) is 5.82 Å². The van der Waals surface area contributed by atoms with E-state index < -0.39 is 0 Å². The van der Waals surface area contributed by atoms with Crippen molar-refractivity contribution in [2.75, 3.05) is 18.4 Å². The summed E-state index contributed by atoms with van der Waals surface area (Å²) in [6.45, 7) is 4.17. The molecule has 7 heteroatoms. The predicted molar refractivity (Wildman–Crippen MR) is 108 cm³/mol. The summed E-state index contributed by atoms with van der Waals surface area (Å²) >= 11 is 0. The summed E-state index contributed by atoms with van der Waals surface area (Å²) in [5, 5.41) is 6.94. The number of aryl methyl sites for hydroxylation is 1. The van der Waals surface area contributed by atoms with E-state index in [1.54, 1.807) is 12.1 Å². The molecule has 6 nitrogen and oxygen atoms in total. The quantitative estimate of drug-likeness (QED) is 0.707. The van der Waals surface area contributed by atoms with Crippen LogP contribution in [0.25, 0.3) is 11.4 Å². The number of hydrogen-bond acceptors (Lipinski definition) is 5. The van der Waals surface area contributed by atoms with Crippen LogP contribution in [0.2, 0.25) is 0 Å². The van der Waals surface area contributed by atoms with Crippen LogP contribution in [0.15, 0.2) is 53.1 Å². The molecule has 1 aliphatic heterocycles. The molecule has 4 rings (SSSR count). The van der Waals surface area contributed by atoms with E-state index >= 15 is 0 Å². The Morgan fingerprint density at radius 3 is 2.52 bits per heavy atom. The molecule has 1 fully saturated rings. The molecule has 2 heterocycles. The van der Waals surface area contributed by atoms with E-state index in [2.05, 4.69) is 20.4 Å². The molecule has 1 amide bonds. The number of piperidine rings is 1. The first-order valence-corrected chi connectivity index (χ1v) is 9.75. The molecule has 1 saturated heterocycles. The second-order valence-corrected chi connectivity index (χ2v) is 7.42. The molecule has 0 aliphatic carbocycles. The highest BCUT2D eigenvalue weighted by Crippen LogP contribution is 2.22. The van der Waals surface area contributed by atoms with Crippen LogP contribution in [0.1, 0.15) is 24.3 Å². The standard InChI is InChI=1S/C22H23FN4O2/c1-15-2-4-16(5-3-15)21-25-20(29-26-21)14-27-12-10-17(11-13-27)22(28)24-19-8-6-18(23)7-9-19/h2-9,17H,10-14H2,1H3,(H,24,28). The molecule has 0 bridgehead atoms. The Hall–Kier alpha value is -3.06. The summed E-state index contributed by atoms with van der Waals surface area (Å²) in [7, 11) is 0. The molecule has 0 spiro atoms. The van der Waals surface area contributed by atoms with Crippen molar-refractivity contribution in [1.82, 2.24) is 15.0 Å². The second-order valence-electron chi connectivity index (χ2n) is 7.42. The Bertz CT molecular complexity index is 961. The largest absolute Gasteiger partial charge is 0.338 e. The fourth-order valence-electron chi connectivity index (χ4n) is 3.46. The highest BCUT2D eigenvalue weighted by Gasteiger charge is 2.26. The summed E-state index contributed by atoms with van der Waals surface area (Å²) in [5.74, 6) is 0.782. The number of anilines is 1. The first-order chi connectivity index (χ1) is 14.1. The van der Waals surface area contributed by atoms with E-state index in [1.807, 2.05) is 31.2 Å². The molecular formula is C22H23FN4O2. The third kappa shape index (κ3) is 4.86. The van der Waals surface area contributed by atoms with Gasteiger partial charge >= 0.3 is 0 Å². The third-order valence-electron chi connectivity index (χ3n) is 5.21. The normalized spacial score (nSPS) is 15.4. The highest BCUT2D eigenvalue weighted by atomic mass is 19.1. The van der Waals surface area contributed by atoms with Gasteiger partial charge in [0.15, 0.2) is 0 Å². The number of carbonyl (C=O) groups is 1. The van der Waals surface area contributed by atoms with Gasteiger partial charge in [-0.1, -0.05) is 35.0 Å². The summed E-state index contributed by atoms with van der Waals surface area (Å²) < 4.78 is 18.4. The molecule has 0 unspecified atom stereocenters. The lowest BCUT2D eigenvalue weighted by atomic mass is 9.96. The number of halogens is 1. The van der Waals surface area contributed by atoms with E-state index in [9.17, 15) is 9.18 Å². The lowest BCUT2D eigenvalue weighted by Crippen LogP contribution is -2.37. The molecule has 0 radical (unpaired) electrons. The fraction of sp³-hybridized carbons (Fsp3) is 0.318.